The highest BCUT2D eigenvalue weighted by atomic mass is 16.5. The minimum Gasteiger partial charge on any atom is -0.465 e. The van der Waals surface area contributed by atoms with Crippen molar-refractivity contribution in [2.45, 2.75) is 72.8 Å². The predicted octanol–water partition coefficient (Wildman–Crippen LogP) is 4.50. The summed E-state index contributed by atoms with van der Waals surface area (Å²) >= 11 is 0. The van der Waals surface area contributed by atoms with Crippen LogP contribution in [0.4, 0.5) is 5.69 Å². The Hall–Kier alpha value is -3.42. The number of aromatic amines is 1. The number of H-pyrrole nitrogens is 1. The van der Waals surface area contributed by atoms with Crippen LogP contribution in [0.5, 0.6) is 0 Å². The fourth-order valence-corrected chi connectivity index (χ4v) is 4.69. The molecule has 2 aromatic rings. The maximum Gasteiger partial charge on any atom is 0.338 e. The molecule has 1 aromatic heterocycles. The van der Waals surface area contributed by atoms with Gasteiger partial charge in [0.25, 0.3) is 5.91 Å². The molecule has 188 valence electrons. The second-order valence-corrected chi connectivity index (χ2v) is 10.0. The number of rotatable bonds is 8. The van der Waals surface area contributed by atoms with Crippen molar-refractivity contribution < 1.29 is 23.9 Å². The molecule has 2 amide bonds. The molecule has 0 bridgehead atoms. The molecule has 1 aliphatic carbocycles. The van der Waals surface area contributed by atoms with E-state index in [0.29, 0.717) is 52.9 Å². The molecule has 8 heteroatoms. The normalized spacial score (nSPS) is 15.2. The maximum atomic E-state index is 13.2. The summed E-state index contributed by atoms with van der Waals surface area (Å²) in [5.41, 5.74) is 3.57. The number of carbonyl (C=O) groups excluding carboxylic acids is 4. The number of esters is 1. The number of methoxy groups -OCH3 is 1. The molecule has 8 nitrogen and oxygen atoms in total. The first-order valence-electron chi connectivity index (χ1n) is 12.0. The van der Waals surface area contributed by atoms with Crippen LogP contribution in [0.15, 0.2) is 18.2 Å². The molecule has 1 aliphatic rings. The molecule has 1 unspecified atom stereocenters. The van der Waals surface area contributed by atoms with Gasteiger partial charge in [0.1, 0.15) is 11.7 Å². The summed E-state index contributed by atoms with van der Waals surface area (Å²) < 4.78 is 4.81. The number of hydrogen-bond acceptors (Lipinski definition) is 5. The van der Waals surface area contributed by atoms with E-state index in [4.69, 9.17) is 4.74 Å². The van der Waals surface area contributed by atoms with Crippen LogP contribution in [0.2, 0.25) is 0 Å². The minimum absolute atomic E-state index is 0.0327. The second-order valence-electron chi connectivity index (χ2n) is 10.0. The van der Waals surface area contributed by atoms with Gasteiger partial charge in [-0.15, -0.1) is 0 Å². The highest BCUT2D eigenvalue weighted by molar-refractivity contribution is 6.06. The third kappa shape index (κ3) is 5.63. The maximum absolute atomic E-state index is 13.2. The van der Waals surface area contributed by atoms with Crippen LogP contribution in [0.3, 0.4) is 0 Å². The van der Waals surface area contributed by atoms with Crippen molar-refractivity contribution in [1.82, 2.24) is 10.3 Å². The van der Waals surface area contributed by atoms with Gasteiger partial charge in [0, 0.05) is 23.4 Å². The quantitative estimate of drug-likeness (QED) is 0.480. The highest BCUT2D eigenvalue weighted by Gasteiger charge is 2.35. The fraction of sp³-hybridized carbons (Fsp3) is 0.481. The lowest BCUT2D eigenvalue weighted by Crippen LogP contribution is -2.44. The zero-order valence-corrected chi connectivity index (χ0v) is 21.4. The summed E-state index contributed by atoms with van der Waals surface area (Å²) in [5, 5.41) is 5.71. The summed E-state index contributed by atoms with van der Waals surface area (Å²) in [6, 6.07) is 4.22. The zero-order chi connectivity index (χ0) is 25.9. The van der Waals surface area contributed by atoms with Gasteiger partial charge in [-0.1, -0.05) is 39.7 Å². The van der Waals surface area contributed by atoms with E-state index in [0.717, 1.165) is 18.5 Å². The van der Waals surface area contributed by atoms with Crippen molar-refractivity contribution >= 4 is 29.3 Å². The molecule has 0 radical (unpaired) electrons. The number of aromatic nitrogens is 1. The molecule has 1 atom stereocenters. The average Bonchev–Trinajstić information content (AvgIpc) is 3.12. The average molecular weight is 482 g/mol. The zero-order valence-electron chi connectivity index (χ0n) is 21.4. The Morgan fingerprint density at radius 3 is 2.51 bits per heavy atom. The summed E-state index contributed by atoms with van der Waals surface area (Å²) in [4.78, 5) is 54.3. The number of nitrogens with one attached hydrogen (secondary N) is 3. The molecule has 1 heterocycles. The van der Waals surface area contributed by atoms with Crippen LogP contribution < -0.4 is 10.6 Å². The monoisotopic (exact) mass is 481 g/mol. The van der Waals surface area contributed by atoms with Crippen molar-refractivity contribution in [2.24, 2.45) is 5.41 Å². The van der Waals surface area contributed by atoms with Crippen LogP contribution in [-0.2, 0) is 16.0 Å². The van der Waals surface area contributed by atoms with Gasteiger partial charge in [0.2, 0.25) is 5.91 Å². The van der Waals surface area contributed by atoms with Crippen LogP contribution in [0.1, 0.15) is 94.5 Å². The van der Waals surface area contributed by atoms with E-state index in [-0.39, 0.29) is 17.1 Å². The van der Waals surface area contributed by atoms with E-state index in [2.05, 4.69) is 15.6 Å². The van der Waals surface area contributed by atoms with Crippen molar-refractivity contribution in [2.75, 3.05) is 12.4 Å². The summed E-state index contributed by atoms with van der Waals surface area (Å²) in [5.74, 6) is -1.24. The number of ether oxygens (including phenoxy) is 1. The van der Waals surface area contributed by atoms with Crippen LogP contribution in [0, 0.1) is 19.3 Å². The third-order valence-electron chi connectivity index (χ3n) is 6.59. The Morgan fingerprint density at radius 2 is 1.86 bits per heavy atom. The Bertz CT molecular complexity index is 1160. The molecule has 1 aromatic carbocycles. The number of benzene rings is 1. The number of anilines is 1. The Morgan fingerprint density at radius 1 is 1.14 bits per heavy atom. The Labute approximate surface area is 206 Å². The van der Waals surface area contributed by atoms with E-state index in [1.165, 1.54) is 7.11 Å². The van der Waals surface area contributed by atoms with Crippen LogP contribution >= 0.6 is 0 Å². The van der Waals surface area contributed by atoms with Crippen molar-refractivity contribution in [3.8, 4) is 0 Å². The minimum atomic E-state index is -0.782. The highest BCUT2D eigenvalue weighted by Crippen LogP contribution is 2.36. The molecule has 35 heavy (non-hydrogen) atoms. The van der Waals surface area contributed by atoms with Gasteiger partial charge in [-0.25, -0.2) is 4.79 Å². The molecule has 3 rings (SSSR count). The standard InChI is InChI=1S/C27H35N3O5/c1-7-8-11-19(24(32)29-18-12-9-10-17(15(18)2)26(34)35-6)30-25(33)23-16(3)22-20(28-23)13-27(4,5)14-21(22)31/h9-10,12,19,28H,7-8,11,13-14H2,1-6H3,(H,29,32)(H,30,33). The van der Waals surface area contributed by atoms with Gasteiger partial charge < -0.3 is 20.4 Å². The Balaban J connectivity index is 1.83. The molecule has 0 fully saturated rings. The number of ketones is 1. The summed E-state index contributed by atoms with van der Waals surface area (Å²) in [6.45, 7) is 9.57. The van der Waals surface area contributed by atoms with Gasteiger partial charge in [-0.2, -0.15) is 0 Å². The first-order valence-corrected chi connectivity index (χ1v) is 12.0. The van der Waals surface area contributed by atoms with E-state index < -0.39 is 17.9 Å². The van der Waals surface area contributed by atoms with E-state index in [1.807, 2.05) is 20.8 Å². The van der Waals surface area contributed by atoms with Gasteiger partial charge in [-0.3, -0.25) is 14.4 Å². The first-order chi connectivity index (χ1) is 16.5. The smallest absolute Gasteiger partial charge is 0.338 e. The van der Waals surface area contributed by atoms with Crippen molar-refractivity contribution in [3.63, 3.8) is 0 Å². The molecule has 3 N–H and O–H groups in total. The fourth-order valence-electron chi connectivity index (χ4n) is 4.69. The van der Waals surface area contributed by atoms with Crippen LogP contribution in [0.25, 0.3) is 0 Å². The van der Waals surface area contributed by atoms with Crippen molar-refractivity contribution in [3.05, 3.63) is 51.8 Å². The number of carbonyl (C=O) groups is 4. The topological polar surface area (TPSA) is 117 Å². The SMILES string of the molecule is CCCCC(NC(=O)c1[nH]c2c(c1C)C(=O)CC(C)(C)C2)C(=O)Nc1cccc(C(=O)OC)c1C. The van der Waals surface area contributed by atoms with Gasteiger partial charge in [0.05, 0.1) is 12.7 Å². The number of amides is 2. The lowest BCUT2D eigenvalue weighted by atomic mass is 9.75. The third-order valence-corrected chi connectivity index (χ3v) is 6.59. The molecule has 0 aliphatic heterocycles. The number of hydrogen-bond donors (Lipinski definition) is 3. The number of unbranched alkanes of at least 4 members (excludes halogenated alkanes) is 1. The largest absolute Gasteiger partial charge is 0.465 e. The predicted molar refractivity (Wildman–Crippen MR) is 134 cm³/mol. The Kier molecular flexibility index (Phi) is 7.83. The van der Waals surface area contributed by atoms with E-state index in [1.54, 1.807) is 32.0 Å². The van der Waals surface area contributed by atoms with Gasteiger partial charge in [-0.05, 0) is 55.4 Å². The van der Waals surface area contributed by atoms with Gasteiger partial charge >= 0.3 is 5.97 Å². The van der Waals surface area contributed by atoms with Crippen LogP contribution in [-0.4, -0.2) is 41.7 Å². The molecular weight excluding hydrogens is 446 g/mol. The summed E-state index contributed by atoms with van der Waals surface area (Å²) in [6.07, 6.45) is 3.17. The van der Waals surface area contributed by atoms with Gasteiger partial charge in [0.15, 0.2) is 5.78 Å². The molecule has 0 saturated heterocycles. The first kappa shape index (κ1) is 26.2. The van der Waals surface area contributed by atoms with E-state index in [9.17, 15) is 19.2 Å². The molecule has 0 saturated carbocycles. The lowest BCUT2D eigenvalue weighted by Gasteiger charge is -2.28. The second kappa shape index (κ2) is 10.5. The summed E-state index contributed by atoms with van der Waals surface area (Å²) in [7, 11) is 1.30. The molecular formula is C27H35N3O5. The number of Topliss-reactive ketones (excluding diaryl/α,β-unsaturated/α-hetero) is 1. The van der Waals surface area contributed by atoms with Crippen molar-refractivity contribution in [1.29, 1.82) is 0 Å². The lowest BCUT2D eigenvalue weighted by molar-refractivity contribution is -0.118. The molecule has 0 spiro atoms. The number of fused-ring (bicyclic) bond motifs is 1. The van der Waals surface area contributed by atoms with E-state index >= 15 is 0 Å².